The van der Waals surface area contributed by atoms with Crippen LogP contribution in [0.1, 0.15) is 24.2 Å². The van der Waals surface area contributed by atoms with Crippen molar-refractivity contribution in [3.63, 3.8) is 0 Å². The molecule has 4 nitrogen and oxygen atoms in total. The molecule has 3 rings (SSSR count). The van der Waals surface area contributed by atoms with E-state index in [2.05, 4.69) is 23.6 Å². The van der Waals surface area contributed by atoms with Crippen LogP contribution in [0, 0.1) is 0 Å². The number of carbonyl (C=O) groups excluding carboxylic acids is 1. The summed E-state index contributed by atoms with van der Waals surface area (Å²) in [5.74, 6) is 0.0773. The van der Waals surface area contributed by atoms with Crippen LogP contribution < -0.4 is 10.6 Å². The second-order valence-corrected chi connectivity index (χ2v) is 4.77. The predicted octanol–water partition coefficient (Wildman–Crippen LogP) is 1.23. The number of rotatable bonds is 1. The summed E-state index contributed by atoms with van der Waals surface area (Å²) in [4.78, 5) is 11.3. The van der Waals surface area contributed by atoms with Crippen LogP contribution in [0.25, 0.3) is 0 Å². The molecule has 0 aromatic heterocycles. The number of carbonyl (C=O) groups is 1. The Labute approximate surface area is 100 Å². The van der Waals surface area contributed by atoms with Gasteiger partial charge in [0.05, 0.1) is 19.1 Å². The third-order valence-electron chi connectivity index (χ3n) is 3.33. The van der Waals surface area contributed by atoms with Crippen molar-refractivity contribution < 1.29 is 9.53 Å². The van der Waals surface area contributed by atoms with Crippen LogP contribution in [0.4, 0.5) is 5.69 Å². The number of fused-ring (bicyclic) bond motifs is 1. The monoisotopic (exact) mass is 232 g/mol. The third-order valence-corrected chi connectivity index (χ3v) is 3.33. The lowest BCUT2D eigenvalue weighted by molar-refractivity contribution is -0.115. The van der Waals surface area contributed by atoms with Crippen LogP contribution in [-0.4, -0.2) is 25.1 Å². The molecule has 0 radical (unpaired) electrons. The average Bonchev–Trinajstić information content (AvgIpc) is 2.69. The standard InChI is InChI=1S/C13H16N2O2/c1-8-7-17-12(6-14-8)9-2-3-11-10(4-9)5-13(16)15-11/h2-4,8,12,14H,5-7H2,1H3,(H,15,16). The predicted molar refractivity (Wildman–Crippen MR) is 64.9 cm³/mol. The van der Waals surface area contributed by atoms with Gasteiger partial charge in [-0.3, -0.25) is 4.79 Å². The van der Waals surface area contributed by atoms with Crippen molar-refractivity contribution in [2.24, 2.45) is 0 Å². The van der Waals surface area contributed by atoms with Gasteiger partial charge in [0.15, 0.2) is 0 Å². The second kappa shape index (κ2) is 4.13. The molecular formula is C13H16N2O2. The zero-order valence-corrected chi connectivity index (χ0v) is 9.82. The highest BCUT2D eigenvalue weighted by molar-refractivity contribution is 5.99. The van der Waals surface area contributed by atoms with Crippen LogP contribution in [0.5, 0.6) is 0 Å². The number of hydrogen-bond acceptors (Lipinski definition) is 3. The summed E-state index contributed by atoms with van der Waals surface area (Å²) >= 11 is 0. The van der Waals surface area contributed by atoms with Crippen LogP contribution >= 0.6 is 0 Å². The maximum Gasteiger partial charge on any atom is 0.228 e. The molecule has 0 saturated carbocycles. The fourth-order valence-corrected chi connectivity index (χ4v) is 2.35. The third kappa shape index (κ3) is 2.06. The minimum absolute atomic E-state index is 0.0773. The summed E-state index contributed by atoms with van der Waals surface area (Å²) in [6.07, 6.45) is 0.590. The highest BCUT2D eigenvalue weighted by Crippen LogP contribution is 2.28. The van der Waals surface area contributed by atoms with E-state index < -0.39 is 0 Å². The van der Waals surface area contributed by atoms with Gasteiger partial charge in [-0.1, -0.05) is 12.1 Å². The number of hydrogen-bond donors (Lipinski definition) is 2. The molecule has 1 amide bonds. The first-order valence-corrected chi connectivity index (χ1v) is 6.00. The Morgan fingerprint density at radius 3 is 3.06 bits per heavy atom. The van der Waals surface area contributed by atoms with E-state index in [1.165, 1.54) is 0 Å². The lowest BCUT2D eigenvalue weighted by Crippen LogP contribution is -2.40. The first-order chi connectivity index (χ1) is 8.22. The lowest BCUT2D eigenvalue weighted by atomic mass is 10.0. The van der Waals surface area contributed by atoms with E-state index >= 15 is 0 Å². The van der Waals surface area contributed by atoms with E-state index in [0.717, 1.165) is 30.0 Å². The second-order valence-electron chi connectivity index (χ2n) is 4.77. The maximum absolute atomic E-state index is 11.3. The van der Waals surface area contributed by atoms with Crippen molar-refractivity contribution >= 4 is 11.6 Å². The molecular weight excluding hydrogens is 216 g/mol. The molecule has 0 bridgehead atoms. The van der Waals surface area contributed by atoms with Gasteiger partial charge in [0.1, 0.15) is 0 Å². The summed E-state index contributed by atoms with van der Waals surface area (Å²) in [5.41, 5.74) is 3.17. The van der Waals surface area contributed by atoms with Gasteiger partial charge in [0.25, 0.3) is 0 Å². The van der Waals surface area contributed by atoms with Gasteiger partial charge in [-0.25, -0.2) is 0 Å². The molecule has 1 aromatic rings. The van der Waals surface area contributed by atoms with Crippen molar-refractivity contribution in [1.29, 1.82) is 0 Å². The number of nitrogens with one attached hydrogen (secondary N) is 2. The molecule has 2 unspecified atom stereocenters. The molecule has 17 heavy (non-hydrogen) atoms. The molecule has 1 fully saturated rings. The van der Waals surface area contributed by atoms with Crippen molar-refractivity contribution in [2.75, 3.05) is 18.5 Å². The fourth-order valence-electron chi connectivity index (χ4n) is 2.35. The van der Waals surface area contributed by atoms with Gasteiger partial charge in [-0.15, -0.1) is 0 Å². The molecule has 2 atom stereocenters. The van der Waals surface area contributed by atoms with Gasteiger partial charge in [0, 0.05) is 18.3 Å². The molecule has 2 aliphatic heterocycles. The Kier molecular flexibility index (Phi) is 2.61. The first-order valence-electron chi connectivity index (χ1n) is 6.00. The fraction of sp³-hybridized carbons (Fsp3) is 0.462. The number of anilines is 1. The summed E-state index contributed by atoms with van der Waals surface area (Å²) in [7, 11) is 0. The summed E-state index contributed by atoms with van der Waals surface area (Å²) in [6, 6.07) is 6.50. The van der Waals surface area contributed by atoms with Gasteiger partial charge < -0.3 is 15.4 Å². The molecule has 1 saturated heterocycles. The normalized spacial score (nSPS) is 27.7. The smallest absolute Gasteiger partial charge is 0.228 e. The Balaban J connectivity index is 1.81. The quantitative estimate of drug-likeness (QED) is 0.765. The van der Waals surface area contributed by atoms with Gasteiger partial charge in [-0.2, -0.15) is 0 Å². The van der Waals surface area contributed by atoms with Gasteiger partial charge in [-0.05, 0) is 24.1 Å². The zero-order chi connectivity index (χ0) is 11.8. The van der Waals surface area contributed by atoms with E-state index in [0.29, 0.717) is 12.5 Å². The highest BCUT2D eigenvalue weighted by atomic mass is 16.5. The number of ether oxygens (including phenoxy) is 1. The topological polar surface area (TPSA) is 50.4 Å². The minimum Gasteiger partial charge on any atom is -0.371 e. The van der Waals surface area contributed by atoms with Crippen molar-refractivity contribution in [1.82, 2.24) is 5.32 Å². The Hall–Kier alpha value is -1.39. The Morgan fingerprint density at radius 2 is 2.29 bits per heavy atom. The molecule has 0 aliphatic carbocycles. The molecule has 2 N–H and O–H groups in total. The van der Waals surface area contributed by atoms with Crippen molar-refractivity contribution in [3.8, 4) is 0 Å². The first kappa shape index (κ1) is 10.7. The summed E-state index contributed by atoms with van der Waals surface area (Å²) in [6.45, 7) is 3.68. The van der Waals surface area contributed by atoms with E-state index in [9.17, 15) is 4.79 Å². The van der Waals surface area contributed by atoms with Crippen molar-refractivity contribution in [2.45, 2.75) is 25.5 Å². The minimum atomic E-state index is 0.0773. The molecule has 2 aliphatic rings. The molecule has 4 heteroatoms. The Morgan fingerprint density at radius 1 is 1.41 bits per heavy atom. The SMILES string of the molecule is CC1COC(c2ccc3c(c2)CC(=O)N3)CN1. The van der Waals surface area contributed by atoms with Gasteiger partial charge >= 0.3 is 0 Å². The van der Waals surface area contributed by atoms with Crippen LogP contribution in [0.3, 0.4) is 0 Å². The number of morpholine rings is 1. The van der Waals surface area contributed by atoms with Crippen molar-refractivity contribution in [3.05, 3.63) is 29.3 Å². The summed E-state index contributed by atoms with van der Waals surface area (Å²) < 4.78 is 5.80. The number of benzene rings is 1. The largest absolute Gasteiger partial charge is 0.371 e. The molecule has 2 heterocycles. The highest BCUT2D eigenvalue weighted by Gasteiger charge is 2.23. The Bertz CT molecular complexity index is 451. The molecule has 1 aromatic carbocycles. The summed E-state index contributed by atoms with van der Waals surface area (Å²) in [5, 5.41) is 6.24. The van der Waals surface area contributed by atoms with E-state index in [-0.39, 0.29) is 12.0 Å². The van der Waals surface area contributed by atoms with Crippen LogP contribution in [-0.2, 0) is 16.0 Å². The van der Waals surface area contributed by atoms with E-state index in [4.69, 9.17) is 4.74 Å². The maximum atomic E-state index is 11.3. The molecule has 90 valence electrons. The average molecular weight is 232 g/mol. The molecule has 0 spiro atoms. The van der Waals surface area contributed by atoms with Gasteiger partial charge in [0.2, 0.25) is 5.91 Å². The zero-order valence-electron chi connectivity index (χ0n) is 9.82. The number of amides is 1. The van der Waals surface area contributed by atoms with E-state index in [1.54, 1.807) is 0 Å². The van der Waals surface area contributed by atoms with E-state index in [1.807, 2.05) is 12.1 Å². The van der Waals surface area contributed by atoms with Crippen LogP contribution in [0.15, 0.2) is 18.2 Å². The van der Waals surface area contributed by atoms with Crippen LogP contribution in [0.2, 0.25) is 0 Å². The lowest BCUT2D eigenvalue weighted by Gasteiger charge is -2.28.